The first-order valence-corrected chi connectivity index (χ1v) is 12.9. The van der Waals surface area contributed by atoms with E-state index < -0.39 is 28.5 Å². The van der Waals surface area contributed by atoms with Crippen LogP contribution in [0.25, 0.3) is 6.08 Å². The number of carbonyl (C=O) groups excluding carboxylic acids is 2. The summed E-state index contributed by atoms with van der Waals surface area (Å²) >= 11 is 0. The van der Waals surface area contributed by atoms with E-state index in [0.29, 0.717) is 0 Å². The maximum absolute atomic E-state index is 12.7. The molecular weight excluding hydrogens is 468 g/mol. The van der Waals surface area contributed by atoms with Crippen LogP contribution in [0.5, 0.6) is 0 Å². The van der Waals surface area contributed by atoms with Gasteiger partial charge in [0, 0.05) is 44.1 Å². The molecule has 0 aliphatic carbocycles. The molecule has 0 spiro atoms. The predicted octanol–water partition coefficient (Wildman–Crippen LogP) is 2.50. The van der Waals surface area contributed by atoms with Gasteiger partial charge in [-0.3, -0.25) is 4.79 Å². The lowest BCUT2D eigenvalue weighted by Crippen LogP contribution is -2.51. The summed E-state index contributed by atoms with van der Waals surface area (Å²) in [5.74, 6) is -1.31. The van der Waals surface area contributed by atoms with Gasteiger partial charge in [-0.1, -0.05) is 25.1 Å². The van der Waals surface area contributed by atoms with Crippen LogP contribution >= 0.6 is 0 Å². The van der Waals surface area contributed by atoms with Gasteiger partial charge in [-0.15, -0.1) is 0 Å². The van der Waals surface area contributed by atoms with Crippen LogP contribution in [0, 0.1) is 25.2 Å². The molecular formula is C25H30N4O5S. The van der Waals surface area contributed by atoms with Gasteiger partial charge in [-0.25, -0.2) is 13.2 Å². The number of nitrogens with zero attached hydrogens (tertiary/aromatic N) is 4. The normalized spacial score (nSPS) is 15.0. The Hall–Kier alpha value is -3.42. The van der Waals surface area contributed by atoms with Gasteiger partial charge in [0.25, 0.3) is 5.91 Å². The summed E-state index contributed by atoms with van der Waals surface area (Å²) in [4.78, 5) is 26.7. The highest BCUT2D eigenvalue weighted by molar-refractivity contribution is 7.89. The topological polar surface area (TPSA) is 113 Å². The van der Waals surface area contributed by atoms with Crippen molar-refractivity contribution in [2.24, 2.45) is 0 Å². The number of rotatable bonds is 8. The van der Waals surface area contributed by atoms with Crippen molar-refractivity contribution >= 4 is 28.0 Å². The van der Waals surface area contributed by atoms with E-state index in [4.69, 9.17) is 4.74 Å². The molecule has 3 rings (SSSR count). The van der Waals surface area contributed by atoms with Crippen LogP contribution < -0.4 is 0 Å². The Morgan fingerprint density at radius 1 is 1.11 bits per heavy atom. The average Bonchev–Trinajstić information content (AvgIpc) is 3.13. The number of hydrogen-bond acceptors (Lipinski definition) is 6. The van der Waals surface area contributed by atoms with E-state index in [1.165, 1.54) is 27.4 Å². The number of nitriles is 1. The number of esters is 1. The lowest BCUT2D eigenvalue weighted by Gasteiger charge is -2.33. The van der Waals surface area contributed by atoms with Crippen molar-refractivity contribution in [3.63, 3.8) is 0 Å². The molecule has 1 fully saturated rings. The molecule has 1 aromatic carbocycles. The fourth-order valence-electron chi connectivity index (χ4n) is 4.05. The molecule has 1 aliphatic heterocycles. The van der Waals surface area contributed by atoms with Crippen molar-refractivity contribution in [2.45, 2.75) is 38.6 Å². The number of ether oxygens (including phenoxy) is 1. The second-order valence-corrected chi connectivity index (χ2v) is 10.3. The third kappa shape index (κ3) is 5.99. The zero-order valence-corrected chi connectivity index (χ0v) is 21.0. The van der Waals surface area contributed by atoms with Crippen molar-refractivity contribution < 1.29 is 22.7 Å². The summed E-state index contributed by atoms with van der Waals surface area (Å²) in [5, 5.41) is 9.46. The highest BCUT2D eigenvalue weighted by Gasteiger charge is 2.30. The second kappa shape index (κ2) is 11.3. The number of piperazine rings is 1. The Morgan fingerprint density at radius 3 is 2.37 bits per heavy atom. The maximum Gasteiger partial charge on any atom is 0.349 e. The van der Waals surface area contributed by atoms with Crippen molar-refractivity contribution in [2.75, 3.05) is 32.8 Å². The molecule has 2 heterocycles. The molecule has 2 aromatic rings. The van der Waals surface area contributed by atoms with Gasteiger partial charge in [0.15, 0.2) is 6.61 Å². The number of carbonyl (C=O) groups is 2. The lowest BCUT2D eigenvalue weighted by atomic mass is 10.1. The standard InChI is InChI=1S/C25H30N4O5S/c1-4-10-29-19(2)15-21(20(29)3)16-22(17-26)25(31)34-18-24(30)27-11-13-28(14-12-27)35(32,33)23-8-6-5-7-9-23/h5-9,15-16H,4,10-14,18H2,1-3H3. The molecule has 0 unspecified atom stereocenters. The van der Waals surface area contributed by atoms with E-state index in [-0.39, 0.29) is 36.6 Å². The molecule has 1 amide bonds. The first-order chi connectivity index (χ1) is 16.7. The third-order valence-electron chi connectivity index (χ3n) is 6.00. The van der Waals surface area contributed by atoms with Crippen LogP contribution in [0.1, 0.15) is 30.3 Å². The predicted molar refractivity (Wildman–Crippen MR) is 131 cm³/mol. The molecule has 186 valence electrons. The number of aryl methyl sites for hydroxylation is 1. The van der Waals surface area contributed by atoms with E-state index in [2.05, 4.69) is 11.5 Å². The maximum atomic E-state index is 12.7. The molecule has 0 bridgehead atoms. The molecule has 1 aromatic heterocycles. The largest absolute Gasteiger partial charge is 0.451 e. The van der Waals surface area contributed by atoms with E-state index >= 15 is 0 Å². The van der Waals surface area contributed by atoms with Crippen LogP contribution in [0.2, 0.25) is 0 Å². The van der Waals surface area contributed by atoms with Crippen LogP contribution in [-0.4, -0.2) is 66.9 Å². The Morgan fingerprint density at radius 2 is 1.77 bits per heavy atom. The lowest BCUT2D eigenvalue weighted by molar-refractivity contribution is -0.149. The van der Waals surface area contributed by atoms with Gasteiger partial charge in [0.2, 0.25) is 10.0 Å². The minimum atomic E-state index is -3.63. The van der Waals surface area contributed by atoms with Crippen molar-refractivity contribution in [3.8, 4) is 6.07 Å². The van der Waals surface area contributed by atoms with E-state index in [1.54, 1.807) is 18.2 Å². The molecule has 0 saturated carbocycles. The Labute approximate surface area is 206 Å². The highest BCUT2D eigenvalue weighted by Crippen LogP contribution is 2.20. The van der Waals surface area contributed by atoms with Gasteiger partial charge in [0.05, 0.1) is 4.90 Å². The molecule has 35 heavy (non-hydrogen) atoms. The molecule has 0 N–H and O–H groups in total. The van der Waals surface area contributed by atoms with Gasteiger partial charge in [-0.2, -0.15) is 9.57 Å². The smallest absolute Gasteiger partial charge is 0.349 e. The Balaban J connectivity index is 1.57. The first kappa shape index (κ1) is 26.2. The zero-order valence-electron chi connectivity index (χ0n) is 20.2. The summed E-state index contributed by atoms with van der Waals surface area (Å²) in [5.41, 5.74) is 2.55. The first-order valence-electron chi connectivity index (χ1n) is 11.5. The van der Waals surface area contributed by atoms with Crippen molar-refractivity contribution in [1.82, 2.24) is 13.8 Å². The number of sulfonamides is 1. The number of hydrogen-bond donors (Lipinski definition) is 0. The van der Waals surface area contributed by atoms with Crippen LogP contribution in [0.3, 0.4) is 0 Å². The monoisotopic (exact) mass is 498 g/mol. The number of benzene rings is 1. The fraction of sp³-hybridized carbons (Fsp3) is 0.400. The fourth-order valence-corrected chi connectivity index (χ4v) is 5.49. The van der Waals surface area contributed by atoms with E-state index in [1.807, 2.05) is 26.0 Å². The summed E-state index contributed by atoms with van der Waals surface area (Å²) < 4.78 is 34.0. The Bertz CT molecular complexity index is 1250. The van der Waals surface area contributed by atoms with E-state index in [9.17, 15) is 23.3 Å². The van der Waals surface area contributed by atoms with Gasteiger partial charge >= 0.3 is 5.97 Å². The molecule has 1 saturated heterocycles. The quantitative estimate of drug-likeness (QED) is 0.314. The molecule has 0 radical (unpaired) electrons. The SMILES string of the molecule is CCCn1c(C)cc(C=C(C#N)C(=O)OCC(=O)N2CCN(S(=O)(=O)c3ccccc3)CC2)c1C. The van der Waals surface area contributed by atoms with E-state index in [0.717, 1.165) is 29.9 Å². The van der Waals surface area contributed by atoms with Gasteiger partial charge in [0.1, 0.15) is 11.6 Å². The summed E-state index contributed by atoms with van der Waals surface area (Å²) in [6, 6.07) is 11.9. The minimum absolute atomic E-state index is 0.146. The highest BCUT2D eigenvalue weighted by atomic mass is 32.2. The zero-order chi connectivity index (χ0) is 25.6. The Kier molecular flexibility index (Phi) is 8.48. The third-order valence-corrected chi connectivity index (χ3v) is 7.91. The molecule has 0 atom stereocenters. The second-order valence-electron chi connectivity index (χ2n) is 8.32. The van der Waals surface area contributed by atoms with Crippen LogP contribution in [-0.2, 0) is 30.9 Å². The van der Waals surface area contributed by atoms with Crippen LogP contribution in [0.4, 0.5) is 0 Å². The number of aromatic nitrogens is 1. The van der Waals surface area contributed by atoms with Gasteiger partial charge in [-0.05, 0) is 50.1 Å². The molecule has 10 heteroatoms. The van der Waals surface area contributed by atoms with Crippen molar-refractivity contribution in [3.05, 3.63) is 58.9 Å². The van der Waals surface area contributed by atoms with Crippen LogP contribution in [0.15, 0.2) is 46.9 Å². The number of amides is 1. The summed E-state index contributed by atoms with van der Waals surface area (Å²) in [6.07, 6.45) is 2.44. The molecule has 9 nitrogen and oxygen atoms in total. The van der Waals surface area contributed by atoms with Gasteiger partial charge < -0.3 is 14.2 Å². The minimum Gasteiger partial charge on any atom is -0.451 e. The van der Waals surface area contributed by atoms with Crippen molar-refractivity contribution in [1.29, 1.82) is 5.26 Å². The molecule has 1 aliphatic rings. The summed E-state index contributed by atoms with van der Waals surface area (Å²) in [6.45, 7) is 6.96. The average molecular weight is 499 g/mol. The summed E-state index contributed by atoms with van der Waals surface area (Å²) in [7, 11) is -3.63.